The van der Waals surface area contributed by atoms with Crippen LogP contribution in [0.15, 0.2) is 42.0 Å². The zero-order valence-electron chi connectivity index (χ0n) is 16.4. The van der Waals surface area contributed by atoms with Crippen molar-refractivity contribution in [3.8, 4) is 0 Å². The van der Waals surface area contributed by atoms with Crippen molar-refractivity contribution in [3.63, 3.8) is 0 Å². The van der Waals surface area contributed by atoms with Crippen molar-refractivity contribution >= 4 is 40.9 Å². The summed E-state index contributed by atoms with van der Waals surface area (Å²) >= 11 is 5.26. The highest BCUT2D eigenvalue weighted by molar-refractivity contribution is 7.80. The van der Waals surface area contributed by atoms with Crippen LogP contribution in [-0.2, 0) is 9.59 Å². The van der Waals surface area contributed by atoms with Crippen LogP contribution >= 0.6 is 12.2 Å². The van der Waals surface area contributed by atoms with Gasteiger partial charge in [-0.1, -0.05) is 24.3 Å². The van der Waals surface area contributed by atoms with Gasteiger partial charge in [0.2, 0.25) is 0 Å². The van der Waals surface area contributed by atoms with Crippen LogP contribution in [-0.4, -0.2) is 52.9 Å². The van der Waals surface area contributed by atoms with Crippen LogP contribution in [0.3, 0.4) is 0 Å². The number of carbonyl (C=O) groups excluding carboxylic acids is 2. The minimum atomic E-state index is -0.335. The van der Waals surface area contributed by atoms with Crippen molar-refractivity contribution in [2.24, 2.45) is 0 Å². The highest BCUT2D eigenvalue weighted by atomic mass is 32.1. The summed E-state index contributed by atoms with van der Waals surface area (Å²) in [5.74, 6) is -0.669. The lowest BCUT2D eigenvalue weighted by molar-refractivity contribution is -0.133. The average Bonchev–Trinajstić information content (AvgIpc) is 2.67. The van der Waals surface area contributed by atoms with Crippen molar-refractivity contribution in [3.05, 3.63) is 47.6 Å². The molecule has 0 radical (unpaired) electrons. The van der Waals surface area contributed by atoms with E-state index in [2.05, 4.69) is 30.9 Å². The first-order chi connectivity index (χ1) is 13.0. The quantitative estimate of drug-likeness (QED) is 0.410. The molecule has 1 aromatic rings. The third-order valence-corrected chi connectivity index (χ3v) is 5.06. The summed E-state index contributed by atoms with van der Waals surface area (Å²) in [7, 11) is 0. The van der Waals surface area contributed by atoms with E-state index in [4.69, 9.17) is 12.2 Å². The molecule has 144 valence electrons. The smallest absolute Gasteiger partial charge is 0.265 e. The Balaban J connectivity index is 2.21. The summed E-state index contributed by atoms with van der Waals surface area (Å²) in [6, 6.07) is 8.21. The monoisotopic (exact) mass is 385 g/mol. The second-order valence-corrected chi connectivity index (χ2v) is 6.45. The van der Waals surface area contributed by atoms with Gasteiger partial charge in [0.15, 0.2) is 5.11 Å². The van der Waals surface area contributed by atoms with Gasteiger partial charge in [0.25, 0.3) is 11.8 Å². The zero-order valence-corrected chi connectivity index (χ0v) is 17.3. The van der Waals surface area contributed by atoms with Crippen LogP contribution < -0.4 is 4.90 Å². The number of benzene rings is 1. The van der Waals surface area contributed by atoms with Crippen LogP contribution in [0.2, 0.25) is 0 Å². The largest absolute Gasteiger partial charge is 0.372 e. The normalized spacial score (nSPS) is 15.1. The number of nitrogens with zero attached hydrogens (tertiary/aromatic N) is 3. The molecule has 0 atom stereocenters. The Morgan fingerprint density at radius 2 is 1.44 bits per heavy atom. The number of hydrogen-bond donors (Lipinski definition) is 0. The van der Waals surface area contributed by atoms with E-state index in [-0.39, 0.29) is 22.5 Å². The van der Waals surface area contributed by atoms with Crippen LogP contribution in [0, 0.1) is 0 Å². The third kappa shape index (κ3) is 4.45. The van der Waals surface area contributed by atoms with Crippen LogP contribution in [0.4, 0.5) is 5.69 Å². The number of likely N-dealkylation sites (N-methyl/N-ethyl adjacent to an activating group) is 2. The van der Waals surface area contributed by atoms with E-state index in [1.165, 1.54) is 15.5 Å². The van der Waals surface area contributed by atoms with Gasteiger partial charge in [-0.15, -0.1) is 0 Å². The van der Waals surface area contributed by atoms with E-state index in [9.17, 15) is 9.59 Å². The van der Waals surface area contributed by atoms with Gasteiger partial charge in [-0.2, -0.15) is 0 Å². The fourth-order valence-electron chi connectivity index (χ4n) is 3.04. The Kier molecular flexibility index (Phi) is 7.30. The van der Waals surface area contributed by atoms with E-state index in [1.54, 1.807) is 12.2 Å². The fourth-order valence-corrected chi connectivity index (χ4v) is 3.47. The molecule has 0 aromatic heterocycles. The van der Waals surface area contributed by atoms with Gasteiger partial charge >= 0.3 is 0 Å². The van der Waals surface area contributed by atoms with Crippen LogP contribution in [0.25, 0.3) is 6.08 Å². The van der Waals surface area contributed by atoms with Gasteiger partial charge in [-0.05, 0) is 63.7 Å². The average molecular weight is 386 g/mol. The molecular weight excluding hydrogens is 358 g/mol. The van der Waals surface area contributed by atoms with E-state index in [1.807, 2.05) is 32.1 Å². The van der Waals surface area contributed by atoms with Gasteiger partial charge in [-0.25, -0.2) is 0 Å². The molecule has 27 heavy (non-hydrogen) atoms. The molecule has 0 N–H and O–H groups in total. The van der Waals surface area contributed by atoms with E-state index < -0.39 is 0 Å². The lowest BCUT2D eigenvalue weighted by atomic mass is 10.1. The molecule has 2 rings (SSSR count). The minimum Gasteiger partial charge on any atom is -0.372 e. The Hall–Kier alpha value is -2.47. The highest BCUT2D eigenvalue weighted by Gasteiger charge is 2.37. The summed E-state index contributed by atoms with van der Waals surface area (Å²) in [5, 5.41) is 0.281. The van der Waals surface area contributed by atoms with Crippen molar-refractivity contribution in [1.29, 1.82) is 0 Å². The number of allylic oxidation sites excluding steroid dienone is 2. The lowest BCUT2D eigenvalue weighted by Crippen LogP contribution is -2.55. The first kappa shape index (κ1) is 20.8. The van der Waals surface area contributed by atoms with Gasteiger partial charge in [-0.3, -0.25) is 19.4 Å². The summed E-state index contributed by atoms with van der Waals surface area (Å²) in [5.41, 5.74) is 2.33. The second kappa shape index (κ2) is 9.46. The van der Waals surface area contributed by atoms with E-state index in [0.29, 0.717) is 13.1 Å². The SMILES string of the molecule is CCN1C(=O)C(=CC=Cc2ccc(N(CC)CC)cc2)C(=O)N(CC)C1=S. The topological polar surface area (TPSA) is 43.9 Å². The van der Waals surface area contributed by atoms with Crippen LogP contribution in [0.1, 0.15) is 33.3 Å². The molecule has 1 saturated heterocycles. The van der Waals surface area contributed by atoms with Crippen molar-refractivity contribution < 1.29 is 9.59 Å². The van der Waals surface area contributed by atoms with Crippen molar-refractivity contribution in [2.75, 3.05) is 31.1 Å². The molecule has 1 aliphatic heterocycles. The molecule has 6 heteroatoms. The predicted molar refractivity (Wildman–Crippen MR) is 114 cm³/mol. The maximum Gasteiger partial charge on any atom is 0.265 e. The van der Waals surface area contributed by atoms with Crippen LogP contribution in [0.5, 0.6) is 0 Å². The third-order valence-electron chi connectivity index (χ3n) is 4.62. The Morgan fingerprint density at radius 1 is 0.926 bits per heavy atom. The molecular formula is C21H27N3O2S. The number of amides is 2. The number of thiocarbonyl (C=S) groups is 1. The molecule has 0 unspecified atom stereocenters. The molecule has 5 nitrogen and oxygen atoms in total. The zero-order chi connectivity index (χ0) is 20.0. The van der Waals surface area contributed by atoms with E-state index >= 15 is 0 Å². The molecule has 0 aliphatic carbocycles. The first-order valence-electron chi connectivity index (χ1n) is 9.39. The van der Waals surface area contributed by atoms with Gasteiger partial charge in [0, 0.05) is 31.9 Å². The molecule has 1 aliphatic rings. The first-order valence-corrected chi connectivity index (χ1v) is 9.80. The van der Waals surface area contributed by atoms with Gasteiger partial charge in [0.1, 0.15) is 5.57 Å². The van der Waals surface area contributed by atoms with Crippen molar-refractivity contribution in [1.82, 2.24) is 9.80 Å². The number of anilines is 1. The molecule has 0 bridgehead atoms. The number of rotatable bonds is 7. The summed E-state index contributed by atoms with van der Waals surface area (Å²) in [6.07, 6.45) is 5.21. The van der Waals surface area contributed by atoms with Crippen molar-refractivity contribution in [2.45, 2.75) is 27.7 Å². The molecule has 1 aromatic carbocycles. The fraction of sp³-hybridized carbons (Fsp3) is 0.381. The summed E-state index contributed by atoms with van der Waals surface area (Å²) in [4.78, 5) is 30.3. The predicted octanol–water partition coefficient (Wildman–Crippen LogP) is 3.47. The molecule has 0 spiro atoms. The molecule has 2 amide bonds. The Morgan fingerprint density at radius 3 is 1.89 bits per heavy atom. The maximum atomic E-state index is 12.6. The standard InChI is InChI=1S/C21H27N3O2S/c1-5-22(6-2)17-14-12-16(13-15-17)10-9-11-18-19(25)23(7-3)21(27)24(8-4)20(18)26/h9-15H,5-8H2,1-4H3. The van der Waals surface area contributed by atoms with Gasteiger partial charge in [0.05, 0.1) is 0 Å². The van der Waals surface area contributed by atoms with Gasteiger partial charge < -0.3 is 4.90 Å². The molecule has 1 heterocycles. The maximum absolute atomic E-state index is 12.6. The second-order valence-electron chi connectivity index (χ2n) is 6.08. The minimum absolute atomic E-state index is 0.142. The highest BCUT2D eigenvalue weighted by Crippen LogP contribution is 2.19. The molecule has 0 saturated carbocycles. The van der Waals surface area contributed by atoms with E-state index in [0.717, 1.165) is 18.7 Å². The molecule has 1 fully saturated rings. The Bertz CT molecular complexity index is 736. The Labute approximate surface area is 166 Å². The number of hydrogen-bond acceptors (Lipinski definition) is 4. The lowest BCUT2D eigenvalue weighted by Gasteiger charge is -2.35. The summed E-state index contributed by atoms with van der Waals surface area (Å²) < 4.78 is 0. The summed E-state index contributed by atoms with van der Waals surface area (Å²) in [6.45, 7) is 10.8. The number of carbonyl (C=O) groups is 2.